The van der Waals surface area contributed by atoms with Crippen LogP contribution in [0, 0.1) is 12.8 Å². The summed E-state index contributed by atoms with van der Waals surface area (Å²) in [6.45, 7) is 2.00. The molecular weight excluding hydrogens is 344 g/mol. The maximum Gasteiger partial charge on any atom is 0.258 e. The van der Waals surface area contributed by atoms with Gasteiger partial charge in [0.25, 0.3) is 10.0 Å². The van der Waals surface area contributed by atoms with E-state index >= 15 is 0 Å². The lowest BCUT2D eigenvalue weighted by atomic mass is 10.1. The Kier molecular flexibility index (Phi) is 5.16. The van der Waals surface area contributed by atoms with E-state index in [-0.39, 0.29) is 24.0 Å². The fourth-order valence-corrected chi connectivity index (χ4v) is 5.30. The number of nitrogens with zero attached hydrogens (tertiary/aromatic N) is 3. The molecule has 0 aliphatic carbocycles. The maximum absolute atomic E-state index is 12.5. The number of sulfonamides is 2. The molecule has 0 spiro atoms. The Labute approximate surface area is 136 Å². The van der Waals surface area contributed by atoms with Crippen LogP contribution < -0.4 is 4.72 Å². The fourth-order valence-electron chi connectivity index (χ4n) is 2.49. The van der Waals surface area contributed by atoms with E-state index in [2.05, 4.69) is 9.82 Å². The molecule has 1 aromatic heterocycles. The molecular formula is C12H22N4O5S2. The first-order valence-corrected chi connectivity index (χ1v) is 10.1. The average molecular weight is 366 g/mol. The molecule has 0 unspecified atom stereocenters. The van der Waals surface area contributed by atoms with Crippen LogP contribution in [0.4, 0.5) is 0 Å². The van der Waals surface area contributed by atoms with Crippen molar-refractivity contribution in [1.82, 2.24) is 18.8 Å². The lowest BCUT2D eigenvalue weighted by Crippen LogP contribution is -2.44. The number of hydrogen-bond donors (Lipinski definition) is 1. The van der Waals surface area contributed by atoms with Gasteiger partial charge < -0.3 is 4.74 Å². The molecule has 1 fully saturated rings. The first-order valence-electron chi connectivity index (χ1n) is 7.03. The lowest BCUT2D eigenvalue weighted by Gasteiger charge is -2.21. The predicted octanol–water partition coefficient (Wildman–Crippen LogP) is -1.09. The number of ether oxygens (including phenoxy) is 1. The van der Waals surface area contributed by atoms with Gasteiger partial charge in [0.2, 0.25) is 10.0 Å². The summed E-state index contributed by atoms with van der Waals surface area (Å²) in [5.74, 6) is -0.608. The van der Waals surface area contributed by atoms with Crippen LogP contribution in [0.1, 0.15) is 5.56 Å². The van der Waals surface area contributed by atoms with Gasteiger partial charge in [-0.15, -0.1) is 0 Å². The molecule has 2 atom stereocenters. The standard InChI is InChI=1S/C12H22N4O5S2/c1-9-5-13-16(4)12(9)23(19,20)14-11-7-21-6-10(11)8-22(17,18)15(2)3/h5,10-11,14H,6-8H2,1-4H3/t10-,11+/m0/s1. The van der Waals surface area contributed by atoms with E-state index in [1.54, 1.807) is 14.0 Å². The quantitative estimate of drug-likeness (QED) is 0.685. The third kappa shape index (κ3) is 3.91. The Morgan fingerprint density at radius 2 is 2.00 bits per heavy atom. The van der Waals surface area contributed by atoms with Crippen molar-refractivity contribution in [3.63, 3.8) is 0 Å². The Bertz CT molecular complexity index is 750. The summed E-state index contributed by atoms with van der Waals surface area (Å²) in [5.41, 5.74) is 0.524. The molecule has 0 saturated carbocycles. The number of aromatic nitrogens is 2. The van der Waals surface area contributed by atoms with Crippen LogP contribution in [-0.4, -0.2) is 70.0 Å². The smallest absolute Gasteiger partial charge is 0.258 e. The number of rotatable bonds is 6. The van der Waals surface area contributed by atoms with E-state index in [4.69, 9.17) is 4.74 Å². The van der Waals surface area contributed by atoms with Gasteiger partial charge in [-0.2, -0.15) is 5.10 Å². The van der Waals surface area contributed by atoms with E-state index in [1.807, 2.05) is 0 Å². The second kappa shape index (κ2) is 6.48. The van der Waals surface area contributed by atoms with Gasteiger partial charge >= 0.3 is 0 Å². The van der Waals surface area contributed by atoms with Crippen molar-refractivity contribution in [2.75, 3.05) is 33.1 Å². The van der Waals surface area contributed by atoms with Gasteiger partial charge in [-0.1, -0.05) is 0 Å². The highest BCUT2D eigenvalue weighted by Crippen LogP contribution is 2.21. The van der Waals surface area contributed by atoms with Gasteiger partial charge in [-0.3, -0.25) is 4.68 Å². The summed E-state index contributed by atoms with van der Waals surface area (Å²) in [5, 5.41) is 3.99. The van der Waals surface area contributed by atoms with Crippen LogP contribution in [0.2, 0.25) is 0 Å². The Hall–Kier alpha value is -1.01. The number of aryl methyl sites for hydroxylation is 2. The second-order valence-corrected chi connectivity index (χ2v) is 9.70. The monoisotopic (exact) mass is 366 g/mol. The Morgan fingerprint density at radius 1 is 1.35 bits per heavy atom. The highest BCUT2D eigenvalue weighted by atomic mass is 32.2. The summed E-state index contributed by atoms with van der Waals surface area (Å²) in [6.07, 6.45) is 1.47. The molecule has 1 N–H and O–H groups in total. The van der Waals surface area contributed by atoms with Crippen molar-refractivity contribution >= 4 is 20.0 Å². The van der Waals surface area contributed by atoms with Crippen LogP contribution in [0.15, 0.2) is 11.2 Å². The van der Waals surface area contributed by atoms with E-state index in [0.717, 1.165) is 4.31 Å². The van der Waals surface area contributed by atoms with E-state index in [9.17, 15) is 16.8 Å². The summed E-state index contributed by atoms with van der Waals surface area (Å²) in [4.78, 5) is 0. The normalized spacial score (nSPS) is 22.8. The van der Waals surface area contributed by atoms with Gasteiger partial charge in [0.05, 0.1) is 31.2 Å². The Morgan fingerprint density at radius 3 is 2.52 bits per heavy atom. The molecule has 23 heavy (non-hydrogen) atoms. The second-order valence-electron chi connectivity index (χ2n) is 5.84. The van der Waals surface area contributed by atoms with Crippen molar-refractivity contribution in [3.8, 4) is 0 Å². The summed E-state index contributed by atoms with van der Waals surface area (Å²) in [7, 11) is -2.81. The molecule has 2 heterocycles. The molecule has 0 amide bonds. The molecule has 9 nitrogen and oxygen atoms in total. The molecule has 1 saturated heterocycles. The molecule has 1 aliphatic heterocycles. The van der Waals surface area contributed by atoms with Gasteiger partial charge in [-0.25, -0.2) is 25.9 Å². The van der Waals surface area contributed by atoms with Crippen LogP contribution in [0.3, 0.4) is 0 Å². The summed E-state index contributed by atoms with van der Waals surface area (Å²) >= 11 is 0. The van der Waals surface area contributed by atoms with Gasteiger partial charge in [0.1, 0.15) is 0 Å². The zero-order valence-corrected chi connectivity index (χ0v) is 15.2. The SMILES string of the molecule is Cc1cnn(C)c1S(=O)(=O)N[C@@H]1COC[C@H]1CS(=O)(=O)N(C)C. The van der Waals surface area contributed by atoms with Gasteiger partial charge in [0.15, 0.2) is 5.03 Å². The van der Waals surface area contributed by atoms with Gasteiger partial charge in [-0.05, 0) is 6.92 Å². The zero-order valence-electron chi connectivity index (χ0n) is 13.6. The van der Waals surface area contributed by atoms with E-state index < -0.39 is 32.0 Å². The fraction of sp³-hybridized carbons (Fsp3) is 0.750. The first-order chi connectivity index (χ1) is 10.5. The summed E-state index contributed by atoms with van der Waals surface area (Å²) in [6, 6.07) is -0.593. The van der Waals surface area contributed by atoms with Crippen molar-refractivity contribution < 1.29 is 21.6 Å². The van der Waals surface area contributed by atoms with Gasteiger partial charge in [0, 0.05) is 32.6 Å². The molecule has 0 radical (unpaired) electrons. The minimum atomic E-state index is -3.81. The Balaban J connectivity index is 2.19. The minimum Gasteiger partial charge on any atom is -0.379 e. The molecule has 1 aromatic rings. The third-order valence-electron chi connectivity index (χ3n) is 3.80. The van der Waals surface area contributed by atoms with Crippen molar-refractivity contribution in [2.45, 2.75) is 18.0 Å². The maximum atomic E-state index is 12.5. The molecule has 11 heteroatoms. The molecule has 0 aromatic carbocycles. The third-order valence-corrected chi connectivity index (χ3v) is 7.47. The van der Waals surface area contributed by atoms with E-state index in [1.165, 1.54) is 25.0 Å². The van der Waals surface area contributed by atoms with Crippen molar-refractivity contribution in [3.05, 3.63) is 11.8 Å². The molecule has 132 valence electrons. The minimum absolute atomic E-state index is 0.0682. The van der Waals surface area contributed by atoms with E-state index in [0.29, 0.717) is 5.56 Å². The number of hydrogen-bond acceptors (Lipinski definition) is 6. The lowest BCUT2D eigenvalue weighted by molar-refractivity contribution is 0.185. The van der Waals surface area contributed by atoms with Crippen LogP contribution >= 0.6 is 0 Å². The average Bonchev–Trinajstić information content (AvgIpc) is 2.96. The molecule has 1 aliphatic rings. The van der Waals surface area contributed by atoms with Crippen LogP contribution in [0.5, 0.6) is 0 Å². The topological polar surface area (TPSA) is 111 Å². The van der Waals surface area contributed by atoms with Crippen molar-refractivity contribution in [1.29, 1.82) is 0 Å². The van der Waals surface area contributed by atoms with Crippen molar-refractivity contribution in [2.24, 2.45) is 13.0 Å². The van der Waals surface area contributed by atoms with Crippen LogP contribution in [-0.2, 0) is 31.8 Å². The molecule has 2 rings (SSSR count). The van der Waals surface area contributed by atoms with Crippen LogP contribution in [0.25, 0.3) is 0 Å². The predicted molar refractivity (Wildman–Crippen MR) is 83.8 cm³/mol. The largest absolute Gasteiger partial charge is 0.379 e. The zero-order chi connectivity index (χ0) is 17.4. The summed E-state index contributed by atoms with van der Waals surface area (Å²) < 4.78 is 59.4. The number of nitrogens with one attached hydrogen (secondary N) is 1. The highest BCUT2D eigenvalue weighted by Gasteiger charge is 2.36. The first kappa shape index (κ1) is 18.3. The molecule has 0 bridgehead atoms. The highest BCUT2D eigenvalue weighted by molar-refractivity contribution is 7.89.